The number of hydrogen-bond donors (Lipinski definition) is 0. The van der Waals surface area contributed by atoms with Gasteiger partial charge in [0.05, 0.1) is 11.9 Å². The molecular formula is C14H17N5O3. The Labute approximate surface area is 127 Å². The van der Waals surface area contributed by atoms with Gasteiger partial charge in [-0.05, 0) is 19.3 Å². The highest BCUT2D eigenvalue weighted by Gasteiger charge is 2.53. The summed E-state index contributed by atoms with van der Waals surface area (Å²) in [6.45, 7) is 1.11. The molecule has 3 fully saturated rings. The summed E-state index contributed by atoms with van der Waals surface area (Å²) >= 11 is 0. The molecule has 0 aliphatic carbocycles. The maximum absolute atomic E-state index is 12.6. The minimum absolute atomic E-state index is 0.198. The van der Waals surface area contributed by atoms with E-state index >= 15 is 0 Å². The standard InChI is InChI=1S/C14H17N5O3/c1-16-8-9(7-15-16)17-6-4-11(12(17)20)19-13(21)10-3-2-5-18(10)14(19)22/h7-8,10-11H,2-6H2,1H3/t10-,11+/m0/s1. The third kappa shape index (κ3) is 1.69. The molecule has 0 bridgehead atoms. The Hall–Kier alpha value is -2.38. The maximum Gasteiger partial charge on any atom is 0.328 e. The second kappa shape index (κ2) is 4.56. The highest BCUT2D eigenvalue weighted by atomic mass is 16.2. The monoisotopic (exact) mass is 303 g/mol. The van der Waals surface area contributed by atoms with E-state index in [-0.39, 0.29) is 23.9 Å². The van der Waals surface area contributed by atoms with Gasteiger partial charge in [-0.3, -0.25) is 14.3 Å². The van der Waals surface area contributed by atoms with E-state index in [1.165, 1.54) is 4.90 Å². The number of fused-ring (bicyclic) bond motifs is 1. The number of nitrogens with zero attached hydrogens (tertiary/aromatic N) is 5. The second-order valence-corrected chi connectivity index (χ2v) is 6.01. The number of carbonyl (C=O) groups is 3. The largest absolute Gasteiger partial charge is 0.328 e. The van der Waals surface area contributed by atoms with Crippen molar-refractivity contribution >= 4 is 23.5 Å². The van der Waals surface area contributed by atoms with Crippen LogP contribution in [0.2, 0.25) is 0 Å². The average molecular weight is 303 g/mol. The van der Waals surface area contributed by atoms with Gasteiger partial charge < -0.3 is 9.80 Å². The predicted molar refractivity (Wildman–Crippen MR) is 75.9 cm³/mol. The molecule has 0 unspecified atom stereocenters. The highest BCUT2D eigenvalue weighted by molar-refractivity contribution is 6.10. The fourth-order valence-corrected chi connectivity index (χ4v) is 3.64. The first kappa shape index (κ1) is 13.3. The SMILES string of the molecule is Cn1cc(N2CC[C@@H](N3C(=O)[C@@H]4CCCN4C3=O)C2=O)cn1. The number of aromatic nitrogens is 2. The van der Waals surface area contributed by atoms with E-state index in [4.69, 9.17) is 0 Å². The molecule has 0 radical (unpaired) electrons. The van der Waals surface area contributed by atoms with Crippen LogP contribution < -0.4 is 4.90 Å². The zero-order chi connectivity index (χ0) is 15.4. The van der Waals surface area contributed by atoms with Gasteiger partial charge in [0, 0.05) is 26.3 Å². The van der Waals surface area contributed by atoms with Gasteiger partial charge in [-0.15, -0.1) is 0 Å². The van der Waals surface area contributed by atoms with Crippen molar-refractivity contribution in [1.82, 2.24) is 19.6 Å². The van der Waals surface area contributed by atoms with Crippen molar-refractivity contribution in [1.29, 1.82) is 0 Å². The molecule has 0 saturated carbocycles. The first-order valence-corrected chi connectivity index (χ1v) is 7.51. The van der Waals surface area contributed by atoms with E-state index in [0.29, 0.717) is 31.6 Å². The summed E-state index contributed by atoms with van der Waals surface area (Å²) in [6, 6.07) is -1.34. The molecule has 8 heteroatoms. The summed E-state index contributed by atoms with van der Waals surface area (Å²) in [4.78, 5) is 41.9. The second-order valence-electron chi connectivity index (χ2n) is 6.01. The number of amides is 4. The van der Waals surface area contributed by atoms with Crippen LogP contribution in [0.5, 0.6) is 0 Å². The van der Waals surface area contributed by atoms with Crippen molar-refractivity contribution in [2.45, 2.75) is 31.3 Å². The van der Waals surface area contributed by atoms with E-state index < -0.39 is 6.04 Å². The lowest BCUT2D eigenvalue weighted by molar-refractivity contribution is -0.133. The van der Waals surface area contributed by atoms with Gasteiger partial charge in [0.15, 0.2) is 0 Å². The molecule has 2 atom stereocenters. The molecule has 3 saturated heterocycles. The molecule has 8 nitrogen and oxygen atoms in total. The van der Waals surface area contributed by atoms with Crippen LogP contribution in [-0.2, 0) is 16.6 Å². The van der Waals surface area contributed by atoms with Gasteiger partial charge in [-0.25, -0.2) is 9.69 Å². The molecule has 0 aromatic carbocycles. The molecule has 4 rings (SSSR count). The number of rotatable bonds is 2. The molecule has 1 aromatic rings. The smallest absolute Gasteiger partial charge is 0.312 e. The Morgan fingerprint density at radius 2 is 1.91 bits per heavy atom. The number of hydrogen-bond acceptors (Lipinski definition) is 4. The Morgan fingerprint density at radius 1 is 1.09 bits per heavy atom. The lowest BCUT2D eigenvalue weighted by atomic mass is 10.1. The van der Waals surface area contributed by atoms with Crippen LogP contribution in [0.4, 0.5) is 10.5 Å². The van der Waals surface area contributed by atoms with E-state index in [0.717, 1.165) is 6.42 Å². The number of anilines is 1. The van der Waals surface area contributed by atoms with Crippen LogP contribution in [0.3, 0.4) is 0 Å². The van der Waals surface area contributed by atoms with E-state index in [1.54, 1.807) is 33.9 Å². The van der Waals surface area contributed by atoms with Crippen molar-refractivity contribution < 1.29 is 14.4 Å². The lowest BCUT2D eigenvalue weighted by Gasteiger charge is -2.21. The van der Waals surface area contributed by atoms with Crippen molar-refractivity contribution in [2.24, 2.45) is 7.05 Å². The van der Waals surface area contributed by atoms with Crippen LogP contribution >= 0.6 is 0 Å². The van der Waals surface area contributed by atoms with Crippen LogP contribution in [0.15, 0.2) is 12.4 Å². The third-order valence-corrected chi connectivity index (χ3v) is 4.72. The van der Waals surface area contributed by atoms with Gasteiger partial charge in [0.25, 0.3) is 11.8 Å². The first-order chi connectivity index (χ1) is 10.6. The Kier molecular flexibility index (Phi) is 2.75. The normalized spacial score (nSPS) is 28.2. The Balaban J connectivity index is 1.58. The van der Waals surface area contributed by atoms with Gasteiger partial charge in [-0.1, -0.05) is 0 Å². The number of carbonyl (C=O) groups excluding carboxylic acids is 3. The molecule has 4 heterocycles. The number of urea groups is 1. The van der Waals surface area contributed by atoms with Gasteiger partial charge in [0.1, 0.15) is 12.1 Å². The molecule has 116 valence electrons. The average Bonchev–Trinajstić information content (AvgIpc) is 3.21. The topological polar surface area (TPSA) is 78.8 Å². The van der Waals surface area contributed by atoms with Crippen LogP contribution in [0.25, 0.3) is 0 Å². The fourth-order valence-electron chi connectivity index (χ4n) is 3.64. The maximum atomic E-state index is 12.6. The number of aryl methyl sites for hydroxylation is 1. The molecule has 1 aromatic heterocycles. The van der Waals surface area contributed by atoms with E-state index in [9.17, 15) is 14.4 Å². The quantitative estimate of drug-likeness (QED) is 0.718. The molecule has 4 amide bonds. The Morgan fingerprint density at radius 3 is 2.59 bits per heavy atom. The van der Waals surface area contributed by atoms with E-state index in [1.807, 2.05) is 0 Å². The molecule has 3 aliphatic heterocycles. The zero-order valence-corrected chi connectivity index (χ0v) is 12.3. The summed E-state index contributed by atoms with van der Waals surface area (Å²) in [5.74, 6) is -0.412. The lowest BCUT2D eigenvalue weighted by Crippen LogP contribution is -2.46. The first-order valence-electron chi connectivity index (χ1n) is 7.51. The third-order valence-electron chi connectivity index (χ3n) is 4.72. The minimum Gasteiger partial charge on any atom is -0.312 e. The van der Waals surface area contributed by atoms with E-state index in [2.05, 4.69) is 5.10 Å². The summed E-state index contributed by atoms with van der Waals surface area (Å²) in [7, 11) is 1.78. The zero-order valence-electron chi connectivity index (χ0n) is 12.3. The molecule has 22 heavy (non-hydrogen) atoms. The van der Waals surface area contributed by atoms with Crippen LogP contribution in [0, 0.1) is 0 Å². The minimum atomic E-state index is -0.675. The summed E-state index contributed by atoms with van der Waals surface area (Å²) < 4.78 is 1.62. The number of imide groups is 1. The van der Waals surface area contributed by atoms with Gasteiger partial charge in [0.2, 0.25) is 0 Å². The van der Waals surface area contributed by atoms with Crippen molar-refractivity contribution in [3.63, 3.8) is 0 Å². The summed E-state index contributed by atoms with van der Waals surface area (Å²) in [5.41, 5.74) is 0.703. The van der Waals surface area contributed by atoms with Crippen LogP contribution in [0.1, 0.15) is 19.3 Å². The molecule has 0 N–H and O–H groups in total. The fraction of sp³-hybridized carbons (Fsp3) is 0.571. The van der Waals surface area contributed by atoms with Crippen molar-refractivity contribution in [2.75, 3.05) is 18.0 Å². The highest BCUT2D eigenvalue weighted by Crippen LogP contribution is 2.32. The molecule has 3 aliphatic rings. The molecular weight excluding hydrogens is 286 g/mol. The van der Waals surface area contributed by atoms with Crippen LogP contribution in [-0.4, -0.2) is 62.6 Å². The molecule has 0 spiro atoms. The van der Waals surface area contributed by atoms with Crippen molar-refractivity contribution in [3.05, 3.63) is 12.4 Å². The van der Waals surface area contributed by atoms with Gasteiger partial charge in [-0.2, -0.15) is 5.10 Å². The van der Waals surface area contributed by atoms with Crippen molar-refractivity contribution in [3.8, 4) is 0 Å². The summed E-state index contributed by atoms with van der Waals surface area (Å²) in [5, 5.41) is 4.06. The van der Waals surface area contributed by atoms with Gasteiger partial charge >= 0.3 is 6.03 Å². The predicted octanol–water partition coefficient (Wildman–Crippen LogP) is -0.0480. The Bertz CT molecular complexity index is 647. The summed E-state index contributed by atoms with van der Waals surface area (Å²) in [6.07, 6.45) is 5.41.